The van der Waals surface area contributed by atoms with E-state index in [4.69, 9.17) is 9.47 Å². The van der Waals surface area contributed by atoms with Gasteiger partial charge in [0.2, 0.25) is 0 Å². The summed E-state index contributed by atoms with van der Waals surface area (Å²) in [5.74, 6) is -0.0289. The maximum Gasteiger partial charge on any atom is 0.305 e. The number of hydrogen-bond acceptors (Lipinski definition) is 3. The quantitative estimate of drug-likeness (QED) is 0.328. The van der Waals surface area contributed by atoms with Crippen molar-refractivity contribution in [1.82, 2.24) is 0 Å². The molecule has 1 saturated heterocycles. The zero-order valence-electron chi connectivity index (χ0n) is 10.4. The molecule has 0 aromatic rings. The van der Waals surface area contributed by atoms with Crippen LogP contribution in [0.15, 0.2) is 0 Å². The van der Waals surface area contributed by atoms with E-state index in [1.165, 1.54) is 12.8 Å². The standard InChI is InChI=1S/C13H24O3/c1-2-3-4-5-9-13(14)15-10-7-6-8-12-11-16-12/h12H,2-11H2,1H3. The zero-order valence-corrected chi connectivity index (χ0v) is 10.4. The van der Waals surface area contributed by atoms with Gasteiger partial charge in [-0.15, -0.1) is 0 Å². The van der Waals surface area contributed by atoms with E-state index in [0.29, 0.717) is 19.1 Å². The first-order valence-corrected chi connectivity index (χ1v) is 6.60. The van der Waals surface area contributed by atoms with E-state index in [0.717, 1.165) is 38.7 Å². The fourth-order valence-electron chi connectivity index (χ4n) is 1.66. The minimum atomic E-state index is -0.0289. The van der Waals surface area contributed by atoms with Crippen LogP contribution in [0.25, 0.3) is 0 Å². The largest absolute Gasteiger partial charge is 0.466 e. The molecule has 0 aromatic heterocycles. The first-order valence-electron chi connectivity index (χ1n) is 6.60. The number of carbonyl (C=O) groups excluding carboxylic acids is 1. The predicted molar refractivity (Wildman–Crippen MR) is 63.3 cm³/mol. The molecule has 1 fully saturated rings. The van der Waals surface area contributed by atoms with Crippen molar-refractivity contribution in [2.24, 2.45) is 0 Å². The van der Waals surface area contributed by atoms with Crippen LogP contribution in [0.3, 0.4) is 0 Å². The first-order chi connectivity index (χ1) is 7.83. The van der Waals surface area contributed by atoms with Gasteiger partial charge in [0, 0.05) is 6.42 Å². The molecule has 0 saturated carbocycles. The van der Waals surface area contributed by atoms with Crippen LogP contribution < -0.4 is 0 Å². The lowest BCUT2D eigenvalue weighted by molar-refractivity contribution is -0.143. The Labute approximate surface area is 98.5 Å². The van der Waals surface area contributed by atoms with Crippen molar-refractivity contribution in [3.63, 3.8) is 0 Å². The first kappa shape index (κ1) is 13.5. The Balaban J connectivity index is 1.77. The van der Waals surface area contributed by atoms with E-state index in [1.54, 1.807) is 0 Å². The minimum absolute atomic E-state index is 0.0289. The lowest BCUT2D eigenvalue weighted by Crippen LogP contribution is -2.05. The lowest BCUT2D eigenvalue weighted by atomic mass is 10.1. The third-order valence-corrected chi connectivity index (χ3v) is 2.82. The summed E-state index contributed by atoms with van der Waals surface area (Å²) in [4.78, 5) is 11.3. The normalized spacial score (nSPS) is 18.4. The SMILES string of the molecule is CCCCCCC(=O)OCCCCC1CO1. The summed E-state index contributed by atoms with van der Waals surface area (Å²) >= 11 is 0. The van der Waals surface area contributed by atoms with Crippen molar-refractivity contribution in [2.75, 3.05) is 13.2 Å². The van der Waals surface area contributed by atoms with E-state index in [-0.39, 0.29) is 5.97 Å². The monoisotopic (exact) mass is 228 g/mol. The van der Waals surface area contributed by atoms with Crippen molar-refractivity contribution in [3.8, 4) is 0 Å². The zero-order chi connectivity index (χ0) is 11.6. The molecule has 1 rings (SSSR count). The van der Waals surface area contributed by atoms with Gasteiger partial charge in [-0.2, -0.15) is 0 Å². The molecule has 0 radical (unpaired) electrons. The van der Waals surface area contributed by atoms with Crippen molar-refractivity contribution in [2.45, 2.75) is 64.4 Å². The van der Waals surface area contributed by atoms with Crippen molar-refractivity contribution in [3.05, 3.63) is 0 Å². The summed E-state index contributed by atoms with van der Waals surface area (Å²) in [6.45, 7) is 3.68. The maximum atomic E-state index is 11.3. The van der Waals surface area contributed by atoms with E-state index in [2.05, 4.69) is 6.92 Å². The third kappa shape index (κ3) is 7.69. The van der Waals surface area contributed by atoms with E-state index in [9.17, 15) is 4.79 Å². The molecular weight excluding hydrogens is 204 g/mol. The van der Waals surface area contributed by atoms with Crippen LogP contribution in [0.5, 0.6) is 0 Å². The molecule has 1 aliphatic heterocycles. The van der Waals surface area contributed by atoms with Gasteiger partial charge in [0.05, 0.1) is 19.3 Å². The average Bonchev–Trinajstić information content (AvgIpc) is 3.08. The highest BCUT2D eigenvalue weighted by atomic mass is 16.6. The van der Waals surface area contributed by atoms with Crippen LogP contribution in [0, 0.1) is 0 Å². The molecule has 94 valence electrons. The molecule has 1 unspecified atom stereocenters. The summed E-state index contributed by atoms with van der Waals surface area (Å²) in [6, 6.07) is 0. The number of rotatable bonds is 10. The van der Waals surface area contributed by atoms with E-state index >= 15 is 0 Å². The van der Waals surface area contributed by atoms with Gasteiger partial charge < -0.3 is 9.47 Å². The lowest BCUT2D eigenvalue weighted by Gasteiger charge is -2.04. The van der Waals surface area contributed by atoms with Gasteiger partial charge in [-0.05, 0) is 25.7 Å². The fourth-order valence-corrected chi connectivity index (χ4v) is 1.66. The summed E-state index contributed by atoms with van der Waals surface area (Å²) in [7, 11) is 0. The second-order valence-electron chi connectivity index (χ2n) is 4.48. The Morgan fingerprint density at radius 3 is 2.75 bits per heavy atom. The maximum absolute atomic E-state index is 11.3. The summed E-state index contributed by atoms with van der Waals surface area (Å²) in [5.41, 5.74) is 0. The molecule has 0 amide bonds. The summed E-state index contributed by atoms with van der Waals surface area (Å²) < 4.78 is 10.2. The Morgan fingerprint density at radius 2 is 2.06 bits per heavy atom. The molecule has 0 N–H and O–H groups in total. The third-order valence-electron chi connectivity index (χ3n) is 2.82. The highest BCUT2D eigenvalue weighted by Gasteiger charge is 2.20. The molecular formula is C13H24O3. The fraction of sp³-hybridized carbons (Fsp3) is 0.923. The van der Waals surface area contributed by atoms with Crippen molar-refractivity contribution in [1.29, 1.82) is 0 Å². The summed E-state index contributed by atoms with van der Waals surface area (Å²) in [5, 5.41) is 0. The van der Waals surface area contributed by atoms with Crippen LogP contribution in [0.2, 0.25) is 0 Å². The van der Waals surface area contributed by atoms with Crippen molar-refractivity contribution < 1.29 is 14.3 Å². The topological polar surface area (TPSA) is 38.8 Å². The molecule has 1 aliphatic rings. The Bertz CT molecular complexity index is 188. The van der Waals surface area contributed by atoms with Crippen LogP contribution >= 0.6 is 0 Å². The number of unbranched alkanes of at least 4 members (excludes halogenated alkanes) is 4. The highest BCUT2D eigenvalue weighted by molar-refractivity contribution is 5.69. The Kier molecular flexibility index (Phi) is 7.23. The number of epoxide rings is 1. The van der Waals surface area contributed by atoms with Crippen LogP contribution in [0.1, 0.15) is 58.3 Å². The van der Waals surface area contributed by atoms with Crippen LogP contribution in [0.4, 0.5) is 0 Å². The number of ether oxygens (including phenoxy) is 2. The molecule has 0 spiro atoms. The molecule has 0 aromatic carbocycles. The average molecular weight is 228 g/mol. The number of hydrogen-bond donors (Lipinski definition) is 0. The second kappa shape index (κ2) is 8.57. The Morgan fingerprint density at radius 1 is 1.25 bits per heavy atom. The number of esters is 1. The predicted octanol–water partition coefficient (Wildman–Crippen LogP) is 3.07. The second-order valence-corrected chi connectivity index (χ2v) is 4.48. The summed E-state index contributed by atoms with van der Waals surface area (Å²) in [6.07, 6.45) is 8.83. The van der Waals surface area contributed by atoms with Crippen molar-refractivity contribution >= 4 is 5.97 Å². The van der Waals surface area contributed by atoms with Gasteiger partial charge >= 0.3 is 5.97 Å². The van der Waals surface area contributed by atoms with E-state index < -0.39 is 0 Å². The van der Waals surface area contributed by atoms with Gasteiger partial charge in [-0.25, -0.2) is 0 Å². The molecule has 3 heteroatoms. The van der Waals surface area contributed by atoms with Crippen LogP contribution in [-0.4, -0.2) is 25.3 Å². The van der Waals surface area contributed by atoms with Gasteiger partial charge in [0.1, 0.15) is 0 Å². The van der Waals surface area contributed by atoms with Gasteiger partial charge in [0.25, 0.3) is 0 Å². The molecule has 0 bridgehead atoms. The smallest absolute Gasteiger partial charge is 0.305 e. The molecule has 0 aliphatic carbocycles. The van der Waals surface area contributed by atoms with Gasteiger partial charge in [0.15, 0.2) is 0 Å². The van der Waals surface area contributed by atoms with Gasteiger partial charge in [-0.1, -0.05) is 26.2 Å². The van der Waals surface area contributed by atoms with Gasteiger partial charge in [-0.3, -0.25) is 4.79 Å². The molecule has 1 atom stereocenters. The Hall–Kier alpha value is -0.570. The molecule has 16 heavy (non-hydrogen) atoms. The van der Waals surface area contributed by atoms with Crippen LogP contribution in [-0.2, 0) is 14.3 Å². The molecule has 1 heterocycles. The van der Waals surface area contributed by atoms with E-state index in [1.807, 2.05) is 0 Å². The minimum Gasteiger partial charge on any atom is -0.466 e. The molecule has 3 nitrogen and oxygen atoms in total. The highest BCUT2D eigenvalue weighted by Crippen LogP contribution is 2.16. The number of carbonyl (C=O) groups is 1.